The fourth-order valence-electron chi connectivity index (χ4n) is 3.11. The molecule has 2 aromatic rings. The van der Waals surface area contributed by atoms with E-state index in [1.807, 2.05) is 12.1 Å². The van der Waals surface area contributed by atoms with E-state index in [0.29, 0.717) is 29.7 Å². The van der Waals surface area contributed by atoms with Crippen LogP contribution < -0.4 is 19.7 Å². The van der Waals surface area contributed by atoms with Crippen LogP contribution in [0.5, 0.6) is 11.5 Å². The quantitative estimate of drug-likeness (QED) is 0.686. The van der Waals surface area contributed by atoms with Crippen molar-refractivity contribution < 1.29 is 19.1 Å². The van der Waals surface area contributed by atoms with Gasteiger partial charge in [-0.1, -0.05) is 13.8 Å². The van der Waals surface area contributed by atoms with Crippen LogP contribution in [-0.2, 0) is 22.6 Å². The summed E-state index contributed by atoms with van der Waals surface area (Å²) in [6, 6.07) is 7.52. The van der Waals surface area contributed by atoms with Crippen LogP contribution in [0.25, 0.3) is 0 Å². The normalized spacial score (nSPS) is 13.4. The fraction of sp³-hybridized carbons (Fsp3) is 0.429. The molecule has 0 unspecified atom stereocenters. The predicted octanol–water partition coefficient (Wildman–Crippen LogP) is 3.72. The first-order chi connectivity index (χ1) is 13.9. The molecule has 156 valence electrons. The Morgan fingerprint density at radius 1 is 1.24 bits per heavy atom. The van der Waals surface area contributed by atoms with E-state index >= 15 is 0 Å². The average molecular weight is 435 g/mol. The first-order valence-corrected chi connectivity index (χ1v) is 11.2. The van der Waals surface area contributed by atoms with Gasteiger partial charge in [0.1, 0.15) is 18.0 Å². The molecule has 0 atom stereocenters. The molecule has 0 radical (unpaired) electrons. The molecule has 1 aromatic heterocycles. The van der Waals surface area contributed by atoms with Gasteiger partial charge < -0.3 is 19.7 Å². The molecule has 0 bridgehead atoms. The third-order valence-electron chi connectivity index (χ3n) is 4.53. The number of amides is 2. The van der Waals surface area contributed by atoms with E-state index in [9.17, 15) is 9.59 Å². The maximum absolute atomic E-state index is 12.6. The van der Waals surface area contributed by atoms with Crippen LogP contribution in [0.3, 0.4) is 0 Å². The van der Waals surface area contributed by atoms with Gasteiger partial charge in [-0.15, -0.1) is 23.1 Å². The number of nitrogens with one attached hydrogen (secondary N) is 1. The summed E-state index contributed by atoms with van der Waals surface area (Å²) in [6.45, 7) is 4.69. The minimum atomic E-state index is -0.203. The second kappa shape index (κ2) is 9.54. The lowest BCUT2D eigenvalue weighted by Crippen LogP contribution is -2.42. The van der Waals surface area contributed by atoms with E-state index < -0.39 is 0 Å². The molecular weight excluding hydrogens is 408 g/mol. The molecule has 2 amide bonds. The zero-order valence-corrected chi connectivity index (χ0v) is 18.7. The molecule has 3 rings (SSSR count). The Kier molecular flexibility index (Phi) is 7.08. The third-order valence-corrected chi connectivity index (χ3v) is 6.94. The number of nitrogens with zero attached hydrogens (tertiary/aromatic N) is 1. The number of anilines is 1. The van der Waals surface area contributed by atoms with Crippen LogP contribution in [0, 0.1) is 5.92 Å². The molecule has 8 heteroatoms. The van der Waals surface area contributed by atoms with Crippen LogP contribution >= 0.6 is 23.1 Å². The Hall–Kier alpha value is -2.19. The van der Waals surface area contributed by atoms with Crippen molar-refractivity contribution in [1.82, 2.24) is 5.32 Å². The van der Waals surface area contributed by atoms with Crippen molar-refractivity contribution in [2.45, 2.75) is 31.0 Å². The average Bonchev–Trinajstić information content (AvgIpc) is 3.10. The number of carbonyl (C=O) groups excluding carboxylic acids is 2. The van der Waals surface area contributed by atoms with E-state index in [2.05, 4.69) is 25.2 Å². The fourth-order valence-corrected chi connectivity index (χ4v) is 5.67. The summed E-state index contributed by atoms with van der Waals surface area (Å²) in [4.78, 5) is 27.9. The van der Waals surface area contributed by atoms with E-state index in [1.54, 1.807) is 48.3 Å². The summed E-state index contributed by atoms with van der Waals surface area (Å²) in [5, 5.41) is 2.89. The molecule has 0 saturated carbocycles. The number of hydrogen-bond donors (Lipinski definition) is 1. The summed E-state index contributed by atoms with van der Waals surface area (Å²) in [5.74, 6) is 2.02. The first-order valence-electron chi connectivity index (χ1n) is 9.44. The highest BCUT2D eigenvalue weighted by Gasteiger charge is 2.29. The second-order valence-electron chi connectivity index (χ2n) is 7.21. The summed E-state index contributed by atoms with van der Waals surface area (Å²) in [5.41, 5.74) is 1.71. The van der Waals surface area contributed by atoms with Crippen molar-refractivity contribution >= 4 is 40.6 Å². The second-order valence-corrected chi connectivity index (χ2v) is 9.59. The molecular formula is C21H26N2O4S2. The molecule has 1 aliphatic heterocycles. The molecule has 2 heterocycles. The molecule has 29 heavy (non-hydrogen) atoms. The van der Waals surface area contributed by atoms with Gasteiger partial charge >= 0.3 is 0 Å². The minimum absolute atomic E-state index is 0.0166. The van der Waals surface area contributed by atoms with Crippen molar-refractivity contribution in [2.75, 3.05) is 31.4 Å². The van der Waals surface area contributed by atoms with E-state index in [4.69, 9.17) is 9.47 Å². The minimum Gasteiger partial charge on any atom is -0.497 e. The van der Waals surface area contributed by atoms with E-state index in [1.165, 1.54) is 4.88 Å². The number of thiophene rings is 1. The highest BCUT2D eigenvalue weighted by molar-refractivity contribution is 8.02. The van der Waals surface area contributed by atoms with Gasteiger partial charge in [-0.05, 0) is 30.5 Å². The Balaban J connectivity index is 1.66. The van der Waals surface area contributed by atoms with Crippen molar-refractivity contribution in [3.05, 3.63) is 34.7 Å². The third kappa shape index (κ3) is 5.25. The number of hydrogen-bond acceptors (Lipinski definition) is 6. The molecule has 0 spiro atoms. The van der Waals surface area contributed by atoms with Crippen molar-refractivity contribution in [3.63, 3.8) is 0 Å². The van der Waals surface area contributed by atoms with Crippen LogP contribution in [0.15, 0.2) is 28.5 Å². The standard InChI is InChI=1S/C21H26N2O4S2/c1-13(2)7-16-9-17-21(29-16)28-12-20(25)23(17)11-19(24)22-10-14-5-6-15(26-3)8-18(14)27-4/h5-6,8-9,13H,7,10-12H2,1-4H3,(H,22,24). The molecule has 0 saturated heterocycles. The Bertz CT molecular complexity index is 895. The number of rotatable bonds is 8. The lowest BCUT2D eigenvalue weighted by atomic mass is 10.1. The highest BCUT2D eigenvalue weighted by Crippen LogP contribution is 2.42. The lowest BCUT2D eigenvalue weighted by Gasteiger charge is -2.26. The van der Waals surface area contributed by atoms with Gasteiger partial charge in [0.25, 0.3) is 0 Å². The Labute approximate surface area is 179 Å². The maximum atomic E-state index is 12.6. The number of fused-ring (bicyclic) bond motifs is 1. The van der Waals surface area contributed by atoms with Gasteiger partial charge in [-0.2, -0.15) is 0 Å². The predicted molar refractivity (Wildman–Crippen MR) is 117 cm³/mol. The topological polar surface area (TPSA) is 67.9 Å². The number of carbonyl (C=O) groups is 2. The molecule has 0 aliphatic carbocycles. The van der Waals surface area contributed by atoms with Crippen LogP contribution in [0.1, 0.15) is 24.3 Å². The smallest absolute Gasteiger partial charge is 0.240 e. The van der Waals surface area contributed by atoms with Crippen molar-refractivity contribution in [3.8, 4) is 11.5 Å². The molecule has 0 fully saturated rings. The number of methoxy groups -OCH3 is 2. The lowest BCUT2D eigenvalue weighted by molar-refractivity contribution is -0.123. The SMILES string of the molecule is COc1ccc(CNC(=O)CN2C(=O)CSc3sc(CC(C)C)cc32)c(OC)c1. The highest BCUT2D eigenvalue weighted by atomic mass is 32.2. The number of benzene rings is 1. The molecule has 1 N–H and O–H groups in total. The Morgan fingerprint density at radius 2 is 2.03 bits per heavy atom. The van der Waals surface area contributed by atoms with E-state index in [0.717, 1.165) is 21.9 Å². The van der Waals surface area contributed by atoms with Gasteiger partial charge in [-0.3, -0.25) is 9.59 Å². The zero-order valence-electron chi connectivity index (χ0n) is 17.1. The Morgan fingerprint density at radius 3 is 2.72 bits per heavy atom. The number of ether oxygens (including phenoxy) is 2. The van der Waals surface area contributed by atoms with Crippen LogP contribution in [0.4, 0.5) is 5.69 Å². The summed E-state index contributed by atoms with van der Waals surface area (Å²) < 4.78 is 11.7. The van der Waals surface area contributed by atoms with Gasteiger partial charge in [-0.25, -0.2) is 0 Å². The van der Waals surface area contributed by atoms with Gasteiger partial charge in [0.15, 0.2) is 0 Å². The first kappa shape index (κ1) is 21.5. The van der Waals surface area contributed by atoms with Crippen molar-refractivity contribution in [2.24, 2.45) is 5.92 Å². The monoisotopic (exact) mass is 434 g/mol. The maximum Gasteiger partial charge on any atom is 0.240 e. The van der Waals surface area contributed by atoms with Gasteiger partial charge in [0, 0.05) is 23.1 Å². The van der Waals surface area contributed by atoms with Gasteiger partial charge in [0.2, 0.25) is 11.8 Å². The van der Waals surface area contributed by atoms with Crippen LogP contribution in [-0.4, -0.2) is 38.3 Å². The molecule has 1 aromatic carbocycles. The largest absolute Gasteiger partial charge is 0.497 e. The van der Waals surface area contributed by atoms with E-state index in [-0.39, 0.29) is 18.4 Å². The zero-order chi connectivity index (χ0) is 21.0. The number of thioether (sulfide) groups is 1. The summed E-state index contributed by atoms with van der Waals surface area (Å²) in [7, 11) is 3.17. The summed E-state index contributed by atoms with van der Waals surface area (Å²) in [6.07, 6.45) is 0.976. The molecule has 1 aliphatic rings. The van der Waals surface area contributed by atoms with Crippen molar-refractivity contribution in [1.29, 1.82) is 0 Å². The molecule has 6 nitrogen and oxygen atoms in total. The van der Waals surface area contributed by atoms with Gasteiger partial charge in [0.05, 0.1) is 29.9 Å². The summed E-state index contributed by atoms with van der Waals surface area (Å²) >= 11 is 3.29. The van der Waals surface area contributed by atoms with Crippen LogP contribution in [0.2, 0.25) is 0 Å².